The van der Waals surface area contributed by atoms with E-state index in [-0.39, 0.29) is 17.9 Å². The number of anilines is 1. The third-order valence-corrected chi connectivity index (χ3v) is 5.74. The van der Waals surface area contributed by atoms with Crippen molar-refractivity contribution < 1.29 is 9.59 Å². The fraction of sp³-hybridized carbons (Fsp3) is 0.579. The summed E-state index contributed by atoms with van der Waals surface area (Å²) in [5, 5.41) is 2.98. The topological polar surface area (TPSA) is 55.9 Å². The number of nitrogens with one attached hydrogen (secondary N) is 1. The van der Waals surface area contributed by atoms with Crippen molar-refractivity contribution >= 4 is 33.4 Å². The Bertz CT molecular complexity index is 640. The fourth-order valence-electron chi connectivity index (χ4n) is 3.55. The molecule has 2 amide bonds. The molecule has 0 saturated carbocycles. The van der Waals surface area contributed by atoms with Crippen LogP contribution in [0.5, 0.6) is 0 Å². The molecule has 26 heavy (non-hydrogen) atoms. The number of piperazine rings is 1. The highest BCUT2D eigenvalue weighted by Crippen LogP contribution is 2.17. The van der Waals surface area contributed by atoms with E-state index >= 15 is 0 Å². The summed E-state index contributed by atoms with van der Waals surface area (Å²) in [6, 6.07) is 7.43. The fourth-order valence-corrected chi connectivity index (χ4v) is 3.94. The SMILES string of the molecule is C[C@H](C(=O)Nc1cccc(Br)c1)N1CCN(CC(=O)N2CCCC2)CC1. The first-order valence-corrected chi connectivity index (χ1v) is 10.1. The van der Waals surface area contributed by atoms with Crippen LogP contribution in [0, 0.1) is 0 Å². The lowest BCUT2D eigenvalue weighted by Gasteiger charge is -2.37. The summed E-state index contributed by atoms with van der Waals surface area (Å²) in [5.41, 5.74) is 0.797. The Morgan fingerprint density at radius 2 is 1.81 bits per heavy atom. The number of halogens is 1. The maximum Gasteiger partial charge on any atom is 0.241 e. The largest absolute Gasteiger partial charge is 0.342 e. The third-order valence-electron chi connectivity index (χ3n) is 5.24. The number of nitrogens with zero attached hydrogens (tertiary/aromatic N) is 3. The van der Waals surface area contributed by atoms with Gasteiger partial charge in [0, 0.05) is 49.4 Å². The molecular formula is C19H27BrN4O2. The minimum absolute atomic E-state index is 0.00435. The number of hydrogen-bond donors (Lipinski definition) is 1. The highest BCUT2D eigenvalue weighted by molar-refractivity contribution is 9.10. The summed E-state index contributed by atoms with van der Waals surface area (Å²) in [6.45, 7) is 7.53. The van der Waals surface area contributed by atoms with Gasteiger partial charge in [0.2, 0.25) is 11.8 Å². The first kappa shape index (κ1) is 19.3. The Hall–Kier alpha value is -1.44. The molecule has 2 aliphatic heterocycles. The van der Waals surface area contributed by atoms with E-state index in [0.717, 1.165) is 62.3 Å². The first-order valence-electron chi connectivity index (χ1n) is 9.33. The number of carbonyl (C=O) groups is 2. The number of benzene rings is 1. The Kier molecular flexibility index (Phi) is 6.67. The smallest absolute Gasteiger partial charge is 0.241 e. The molecule has 7 heteroatoms. The van der Waals surface area contributed by atoms with Gasteiger partial charge in [0.25, 0.3) is 0 Å². The number of likely N-dealkylation sites (tertiary alicyclic amines) is 1. The molecule has 1 N–H and O–H groups in total. The van der Waals surface area contributed by atoms with E-state index < -0.39 is 0 Å². The molecule has 2 saturated heterocycles. The van der Waals surface area contributed by atoms with Gasteiger partial charge < -0.3 is 10.2 Å². The average molecular weight is 423 g/mol. The maximum atomic E-state index is 12.5. The monoisotopic (exact) mass is 422 g/mol. The van der Waals surface area contributed by atoms with Crippen LogP contribution >= 0.6 is 15.9 Å². The van der Waals surface area contributed by atoms with Crippen molar-refractivity contribution in [3.8, 4) is 0 Å². The number of carbonyl (C=O) groups excluding carboxylic acids is 2. The van der Waals surface area contributed by atoms with Gasteiger partial charge in [0.15, 0.2) is 0 Å². The van der Waals surface area contributed by atoms with Crippen LogP contribution < -0.4 is 5.32 Å². The molecule has 0 unspecified atom stereocenters. The Labute approximate surface area is 163 Å². The summed E-state index contributed by atoms with van der Waals surface area (Å²) in [4.78, 5) is 31.1. The van der Waals surface area contributed by atoms with Gasteiger partial charge in [-0.3, -0.25) is 19.4 Å². The lowest BCUT2D eigenvalue weighted by molar-refractivity contribution is -0.132. The van der Waals surface area contributed by atoms with Crippen molar-refractivity contribution in [2.75, 3.05) is 51.1 Å². The highest BCUT2D eigenvalue weighted by Gasteiger charge is 2.27. The Morgan fingerprint density at radius 3 is 2.46 bits per heavy atom. The molecule has 2 fully saturated rings. The van der Waals surface area contributed by atoms with Gasteiger partial charge in [0.05, 0.1) is 12.6 Å². The minimum atomic E-state index is -0.189. The second kappa shape index (κ2) is 8.97. The summed E-state index contributed by atoms with van der Waals surface area (Å²) in [7, 11) is 0. The highest BCUT2D eigenvalue weighted by atomic mass is 79.9. The third kappa shape index (κ3) is 5.05. The van der Waals surface area contributed by atoms with E-state index in [9.17, 15) is 9.59 Å². The zero-order valence-electron chi connectivity index (χ0n) is 15.3. The molecular weight excluding hydrogens is 396 g/mol. The molecule has 142 valence electrons. The molecule has 0 bridgehead atoms. The van der Waals surface area contributed by atoms with Crippen molar-refractivity contribution in [1.82, 2.24) is 14.7 Å². The second-order valence-corrected chi connectivity index (χ2v) is 7.99. The van der Waals surface area contributed by atoms with Gasteiger partial charge in [-0.05, 0) is 38.0 Å². The maximum absolute atomic E-state index is 12.5. The van der Waals surface area contributed by atoms with E-state index in [1.165, 1.54) is 0 Å². The second-order valence-electron chi connectivity index (χ2n) is 7.08. The molecule has 1 atom stereocenters. The van der Waals surface area contributed by atoms with Crippen LogP contribution in [0.3, 0.4) is 0 Å². The predicted octanol–water partition coefficient (Wildman–Crippen LogP) is 2.02. The van der Waals surface area contributed by atoms with Gasteiger partial charge >= 0.3 is 0 Å². The van der Waals surface area contributed by atoms with Gasteiger partial charge in [-0.1, -0.05) is 22.0 Å². The van der Waals surface area contributed by atoms with E-state index in [1.807, 2.05) is 36.1 Å². The molecule has 1 aromatic carbocycles. The zero-order chi connectivity index (χ0) is 18.5. The summed E-state index contributed by atoms with van der Waals surface area (Å²) in [5.74, 6) is 0.251. The minimum Gasteiger partial charge on any atom is -0.342 e. The van der Waals surface area contributed by atoms with Gasteiger partial charge in [0.1, 0.15) is 0 Å². The van der Waals surface area contributed by atoms with E-state index in [1.54, 1.807) is 0 Å². The lowest BCUT2D eigenvalue weighted by Crippen LogP contribution is -2.54. The van der Waals surface area contributed by atoms with Crippen molar-refractivity contribution in [1.29, 1.82) is 0 Å². The Morgan fingerprint density at radius 1 is 1.12 bits per heavy atom. The molecule has 1 aromatic rings. The molecule has 0 spiro atoms. The summed E-state index contributed by atoms with van der Waals surface area (Å²) >= 11 is 3.42. The lowest BCUT2D eigenvalue weighted by atomic mass is 10.2. The quantitative estimate of drug-likeness (QED) is 0.788. The number of amides is 2. The van der Waals surface area contributed by atoms with Gasteiger partial charge in [-0.15, -0.1) is 0 Å². The summed E-state index contributed by atoms with van der Waals surface area (Å²) in [6.07, 6.45) is 2.26. The van der Waals surface area contributed by atoms with Crippen LogP contribution in [0.2, 0.25) is 0 Å². The van der Waals surface area contributed by atoms with Crippen molar-refractivity contribution in [3.63, 3.8) is 0 Å². The Balaban J connectivity index is 1.44. The van der Waals surface area contributed by atoms with Crippen molar-refractivity contribution in [3.05, 3.63) is 28.7 Å². The van der Waals surface area contributed by atoms with Crippen LogP contribution in [0.15, 0.2) is 28.7 Å². The molecule has 0 radical (unpaired) electrons. The average Bonchev–Trinajstić information content (AvgIpc) is 3.16. The van der Waals surface area contributed by atoms with Crippen molar-refractivity contribution in [2.24, 2.45) is 0 Å². The number of rotatable bonds is 5. The normalized spacial score (nSPS) is 20.2. The molecule has 3 rings (SSSR count). The first-order chi connectivity index (χ1) is 12.5. The van der Waals surface area contributed by atoms with Crippen LogP contribution in [-0.2, 0) is 9.59 Å². The molecule has 0 aromatic heterocycles. The van der Waals surface area contributed by atoms with Crippen LogP contribution in [-0.4, -0.2) is 78.4 Å². The number of hydrogen-bond acceptors (Lipinski definition) is 4. The van der Waals surface area contributed by atoms with Gasteiger partial charge in [-0.2, -0.15) is 0 Å². The van der Waals surface area contributed by atoms with Crippen LogP contribution in [0.25, 0.3) is 0 Å². The van der Waals surface area contributed by atoms with Crippen LogP contribution in [0.4, 0.5) is 5.69 Å². The molecule has 2 heterocycles. The molecule has 0 aliphatic carbocycles. The van der Waals surface area contributed by atoms with E-state index in [0.29, 0.717) is 6.54 Å². The van der Waals surface area contributed by atoms with E-state index in [2.05, 4.69) is 31.0 Å². The summed E-state index contributed by atoms with van der Waals surface area (Å²) < 4.78 is 0.944. The van der Waals surface area contributed by atoms with Crippen molar-refractivity contribution in [2.45, 2.75) is 25.8 Å². The predicted molar refractivity (Wildman–Crippen MR) is 106 cm³/mol. The molecule has 6 nitrogen and oxygen atoms in total. The zero-order valence-corrected chi connectivity index (χ0v) is 16.9. The molecule has 2 aliphatic rings. The van der Waals surface area contributed by atoms with Gasteiger partial charge in [-0.25, -0.2) is 0 Å². The van der Waals surface area contributed by atoms with Crippen LogP contribution in [0.1, 0.15) is 19.8 Å². The standard InChI is InChI=1S/C19H27BrN4O2/c1-15(19(26)21-17-6-4-5-16(20)13-17)23-11-9-22(10-12-23)14-18(25)24-7-2-3-8-24/h4-6,13,15H,2-3,7-12,14H2,1H3,(H,21,26)/t15-/m1/s1. The van der Waals surface area contributed by atoms with E-state index in [4.69, 9.17) is 0 Å².